The molecular weight excluding hydrogens is 448 g/mol. The van der Waals surface area contributed by atoms with E-state index in [0.717, 1.165) is 11.3 Å². The zero-order valence-electron chi connectivity index (χ0n) is 19.9. The molecule has 1 fully saturated rings. The second-order valence-corrected chi connectivity index (χ2v) is 8.92. The third kappa shape index (κ3) is 4.25. The second kappa shape index (κ2) is 8.90. The number of aromatic nitrogens is 4. The summed E-state index contributed by atoms with van der Waals surface area (Å²) in [6.07, 6.45) is 6.40. The van der Waals surface area contributed by atoms with Crippen molar-refractivity contribution in [3.63, 3.8) is 0 Å². The van der Waals surface area contributed by atoms with E-state index in [-0.39, 0.29) is 29.8 Å². The maximum Gasteiger partial charge on any atom is 0.324 e. The minimum absolute atomic E-state index is 0.0454. The van der Waals surface area contributed by atoms with E-state index in [9.17, 15) is 14.4 Å². The monoisotopic (exact) mass is 474 g/mol. The summed E-state index contributed by atoms with van der Waals surface area (Å²) in [7, 11) is 1.78. The maximum atomic E-state index is 13.4. The van der Waals surface area contributed by atoms with Gasteiger partial charge in [0.25, 0.3) is 0 Å². The van der Waals surface area contributed by atoms with Crippen LogP contribution in [0, 0.1) is 0 Å². The van der Waals surface area contributed by atoms with Crippen LogP contribution >= 0.6 is 0 Å². The predicted octanol–water partition coefficient (Wildman–Crippen LogP) is 2.43. The first-order valence-corrected chi connectivity index (χ1v) is 11.5. The number of pyridine rings is 2. The molecule has 0 unspecified atom stereocenters. The summed E-state index contributed by atoms with van der Waals surface area (Å²) in [5.41, 5.74) is 4.35. The molecule has 11 nitrogen and oxygen atoms in total. The quantitative estimate of drug-likeness (QED) is 0.618. The standard InChI is InChI=1S/C24H26N8O3/c1-14(33)28-23-26-10-16(11-27-23)19-4-5-20-21(29-19)22-17(12-25-20)13-30(3)24(35)32(22)18-6-8-31(9-7-18)15(2)34/h4-5,10-12,18H,6-9,13H2,1-3H3,(H,26,27,28,33). The highest BCUT2D eigenvalue weighted by molar-refractivity contribution is 6.04. The van der Waals surface area contributed by atoms with Crippen LogP contribution in [0.3, 0.4) is 0 Å². The molecule has 3 aromatic heterocycles. The van der Waals surface area contributed by atoms with Gasteiger partial charge in [0.1, 0.15) is 5.52 Å². The Morgan fingerprint density at radius 2 is 1.74 bits per heavy atom. The Balaban J connectivity index is 1.56. The zero-order valence-corrected chi connectivity index (χ0v) is 19.9. The number of amides is 4. The van der Waals surface area contributed by atoms with Crippen molar-refractivity contribution in [2.45, 2.75) is 39.3 Å². The molecule has 0 aliphatic carbocycles. The summed E-state index contributed by atoms with van der Waals surface area (Å²) < 4.78 is 0. The summed E-state index contributed by atoms with van der Waals surface area (Å²) in [6, 6.07) is 3.58. The molecule has 5 rings (SSSR count). The van der Waals surface area contributed by atoms with Crippen LogP contribution in [0.25, 0.3) is 22.3 Å². The summed E-state index contributed by atoms with van der Waals surface area (Å²) in [4.78, 5) is 59.7. The van der Waals surface area contributed by atoms with E-state index in [1.54, 1.807) is 31.3 Å². The fourth-order valence-electron chi connectivity index (χ4n) is 4.70. The van der Waals surface area contributed by atoms with Gasteiger partial charge < -0.3 is 9.80 Å². The van der Waals surface area contributed by atoms with Crippen molar-refractivity contribution in [3.05, 3.63) is 36.3 Å². The molecule has 0 atom stereocenters. The Morgan fingerprint density at radius 1 is 1.03 bits per heavy atom. The Bertz CT molecular complexity index is 1320. The van der Waals surface area contributed by atoms with Crippen molar-refractivity contribution in [2.24, 2.45) is 0 Å². The first kappa shape index (κ1) is 22.6. The number of carbonyl (C=O) groups is 3. The number of carbonyl (C=O) groups excluding carboxylic acids is 3. The molecule has 0 saturated carbocycles. The highest BCUT2D eigenvalue weighted by atomic mass is 16.2. The predicted molar refractivity (Wildman–Crippen MR) is 129 cm³/mol. The number of fused-ring (bicyclic) bond motifs is 3. The van der Waals surface area contributed by atoms with E-state index in [4.69, 9.17) is 4.98 Å². The highest BCUT2D eigenvalue weighted by Crippen LogP contribution is 2.37. The van der Waals surface area contributed by atoms with Crippen molar-refractivity contribution in [1.82, 2.24) is 29.7 Å². The Hall–Kier alpha value is -4.15. The second-order valence-electron chi connectivity index (χ2n) is 8.92. The van der Waals surface area contributed by atoms with Crippen LogP contribution in [0.4, 0.5) is 16.4 Å². The molecule has 0 aromatic carbocycles. The Morgan fingerprint density at radius 3 is 2.40 bits per heavy atom. The van der Waals surface area contributed by atoms with Gasteiger partial charge in [0.15, 0.2) is 0 Å². The van der Waals surface area contributed by atoms with E-state index >= 15 is 0 Å². The van der Waals surface area contributed by atoms with Gasteiger partial charge in [0.2, 0.25) is 17.8 Å². The van der Waals surface area contributed by atoms with Gasteiger partial charge in [0, 0.05) is 69.7 Å². The van der Waals surface area contributed by atoms with Crippen LogP contribution < -0.4 is 10.2 Å². The smallest absolute Gasteiger partial charge is 0.324 e. The molecule has 35 heavy (non-hydrogen) atoms. The van der Waals surface area contributed by atoms with Crippen LogP contribution in [-0.2, 0) is 16.1 Å². The first-order chi connectivity index (χ1) is 16.8. The fourth-order valence-corrected chi connectivity index (χ4v) is 4.70. The van der Waals surface area contributed by atoms with Crippen LogP contribution in [0.1, 0.15) is 32.3 Å². The van der Waals surface area contributed by atoms with Gasteiger partial charge in [-0.25, -0.2) is 19.7 Å². The van der Waals surface area contributed by atoms with E-state index in [0.29, 0.717) is 54.8 Å². The molecule has 5 heterocycles. The number of anilines is 2. The van der Waals surface area contributed by atoms with Gasteiger partial charge in [-0.05, 0) is 25.0 Å². The molecule has 2 aliphatic heterocycles. The van der Waals surface area contributed by atoms with Crippen LogP contribution in [0.15, 0.2) is 30.7 Å². The lowest BCUT2D eigenvalue weighted by molar-refractivity contribution is -0.129. The molecule has 0 bridgehead atoms. The molecule has 2 aliphatic rings. The van der Waals surface area contributed by atoms with Gasteiger partial charge in [-0.1, -0.05) is 0 Å². The van der Waals surface area contributed by atoms with Crippen LogP contribution in [-0.4, -0.2) is 73.8 Å². The molecule has 1 saturated heterocycles. The summed E-state index contributed by atoms with van der Waals surface area (Å²) in [5.74, 6) is 0.0274. The third-order valence-electron chi connectivity index (χ3n) is 6.45. The van der Waals surface area contributed by atoms with Crippen molar-refractivity contribution in [1.29, 1.82) is 0 Å². The van der Waals surface area contributed by atoms with Crippen LogP contribution in [0.5, 0.6) is 0 Å². The zero-order chi connectivity index (χ0) is 24.7. The minimum atomic E-state index is -0.247. The summed E-state index contributed by atoms with van der Waals surface area (Å²) in [6.45, 7) is 4.64. The maximum absolute atomic E-state index is 13.4. The number of hydrogen-bond acceptors (Lipinski definition) is 7. The number of rotatable bonds is 3. The summed E-state index contributed by atoms with van der Waals surface area (Å²) >= 11 is 0. The number of nitrogens with one attached hydrogen (secondary N) is 1. The van der Waals surface area contributed by atoms with Crippen LogP contribution in [0.2, 0.25) is 0 Å². The van der Waals surface area contributed by atoms with E-state index in [2.05, 4.69) is 20.3 Å². The van der Waals surface area contributed by atoms with Gasteiger partial charge in [0.05, 0.1) is 23.4 Å². The normalized spacial score (nSPS) is 16.4. The molecule has 3 aromatic rings. The van der Waals surface area contributed by atoms with Gasteiger partial charge >= 0.3 is 6.03 Å². The van der Waals surface area contributed by atoms with E-state index in [1.807, 2.05) is 28.1 Å². The highest BCUT2D eigenvalue weighted by Gasteiger charge is 2.37. The van der Waals surface area contributed by atoms with Crippen molar-refractivity contribution in [2.75, 3.05) is 30.4 Å². The van der Waals surface area contributed by atoms with E-state index < -0.39 is 0 Å². The third-order valence-corrected chi connectivity index (χ3v) is 6.45. The molecule has 180 valence electrons. The Kier molecular flexibility index (Phi) is 5.75. The number of urea groups is 1. The van der Waals surface area contributed by atoms with E-state index in [1.165, 1.54) is 6.92 Å². The number of piperidine rings is 1. The molecule has 0 spiro atoms. The number of nitrogens with zero attached hydrogens (tertiary/aromatic N) is 7. The lowest BCUT2D eigenvalue weighted by Crippen LogP contribution is -2.54. The molecule has 0 radical (unpaired) electrons. The number of hydrogen-bond donors (Lipinski definition) is 1. The average Bonchev–Trinajstić information content (AvgIpc) is 2.85. The van der Waals surface area contributed by atoms with Crippen molar-refractivity contribution in [3.8, 4) is 11.3 Å². The summed E-state index contributed by atoms with van der Waals surface area (Å²) in [5, 5.41) is 2.55. The Labute approximate surface area is 202 Å². The van der Waals surface area contributed by atoms with Gasteiger partial charge in [-0.15, -0.1) is 0 Å². The van der Waals surface area contributed by atoms with Crippen molar-refractivity contribution >= 4 is 40.5 Å². The molecule has 11 heteroatoms. The minimum Gasteiger partial charge on any atom is -0.343 e. The molecule has 1 N–H and O–H groups in total. The fraction of sp³-hybridized carbons (Fsp3) is 0.375. The topological polar surface area (TPSA) is 125 Å². The number of likely N-dealkylation sites (tertiary alicyclic amines) is 1. The lowest BCUT2D eigenvalue weighted by atomic mass is 9.99. The average molecular weight is 475 g/mol. The largest absolute Gasteiger partial charge is 0.343 e. The molecular formula is C24H26N8O3. The van der Waals surface area contributed by atoms with Gasteiger partial charge in [-0.2, -0.15) is 0 Å². The molecule has 4 amide bonds. The van der Waals surface area contributed by atoms with Gasteiger partial charge in [-0.3, -0.25) is 24.8 Å². The SMILES string of the molecule is CC(=O)Nc1ncc(-c2ccc3ncc4c(c3n2)N(C2CCN(C(C)=O)CC2)C(=O)N(C)C4)cn1. The first-order valence-electron chi connectivity index (χ1n) is 11.5. The van der Waals surface area contributed by atoms with Crippen molar-refractivity contribution < 1.29 is 14.4 Å². The lowest BCUT2D eigenvalue weighted by Gasteiger charge is -2.43.